The summed E-state index contributed by atoms with van der Waals surface area (Å²) in [7, 11) is 3.12. The monoisotopic (exact) mass is 548 g/mol. The van der Waals surface area contributed by atoms with E-state index in [1.54, 1.807) is 38.5 Å². The summed E-state index contributed by atoms with van der Waals surface area (Å²) in [5.41, 5.74) is 13.9. The molecule has 0 aliphatic carbocycles. The van der Waals surface area contributed by atoms with Crippen LogP contribution in [0.5, 0.6) is 11.5 Å². The van der Waals surface area contributed by atoms with Crippen LogP contribution in [-0.2, 0) is 0 Å². The molecule has 12 heteroatoms. The van der Waals surface area contributed by atoms with E-state index >= 15 is 0 Å². The lowest BCUT2D eigenvalue weighted by Gasteiger charge is -2.07. The molecule has 4 rings (SSSR count). The van der Waals surface area contributed by atoms with E-state index < -0.39 is 0 Å². The molecule has 0 saturated heterocycles. The van der Waals surface area contributed by atoms with Crippen LogP contribution in [0.2, 0.25) is 20.1 Å². The Morgan fingerprint density at radius 1 is 0.656 bits per heavy atom. The molecule has 32 heavy (non-hydrogen) atoms. The summed E-state index contributed by atoms with van der Waals surface area (Å²) in [5, 5.41) is 6.58. The average Bonchev–Trinajstić information content (AvgIpc) is 3.35. The molecule has 2 aromatic heterocycles. The third-order valence-electron chi connectivity index (χ3n) is 4.06. The zero-order chi connectivity index (χ0) is 23.4. The van der Waals surface area contributed by atoms with E-state index in [2.05, 4.69) is 9.97 Å². The van der Waals surface area contributed by atoms with Gasteiger partial charge in [0, 0.05) is 21.9 Å². The lowest BCUT2D eigenvalue weighted by Crippen LogP contribution is -1.88. The van der Waals surface area contributed by atoms with Crippen molar-refractivity contribution in [3.05, 3.63) is 55.1 Å². The largest absolute Gasteiger partial charge is 0.497 e. The highest BCUT2D eigenvalue weighted by molar-refractivity contribution is 7.14. The fourth-order valence-electron chi connectivity index (χ4n) is 2.63. The van der Waals surface area contributed by atoms with Crippen LogP contribution in [0.1, 0.15) is 0 Å². The highest BCUT2D eigenvalue weighted by Gasteiger charge is 2.14. The van der Waals surface area contributed by atoms with Crippen LogP contribution < -0.4 is 20.9 Å². The van der Waals surface area contributed by atoms with Gasteiger partial charge in [0.05, 0.1) is 45.7 Å². The average molecular weight is 550 g/mol. The molecule has 0 unspecified atom stereocenters. The number of thiazole rings is 2. The van der Waals surface area contributed by atoms with Gasteiger partial charge in [-0.25, -0.2) is 9.97 Å². The number of benzene rings is 2. The maximum atomic E-state index is 6.12. The molecule has 0 saturated carbocycles. The van der Waals surface area contributed by atoms with Gasteiger partial charge < -0.3 is 20.9 Å². The molecule has 0 amide bonds. The Labute approximate surface area is 212 Å². The standard InChI is InChI=1S/2C10H8Cl2N2OS/c2*1-15-5-2-6(11)9(7(12)3-5)8-4-16-10(13)14-8/h2*2-4H,1H3,(H2,13,14). The van der Waals surface area contributed by atoms with Crippen LogP contribution in [0.3, 0.4) is 0 Å². The Morgan fingerprint density at radius 2 is 0.969 bits per heavy atom. The summed E-state index contributed by atoms with van der Waals surface area (Å²) >= 11 is 27.2. The maximum Gasteiger partial charge on any atom is 0.180 e. The fraction of sp³-hybridized carbons (Fsp3) is 0.100. The van der Waals surface area contributed by atoms with Gasteiger partial charge in [-0.1, -0.05) is 46.4 Å². The van der Waals surface area contributed by atoms with Crippen molar-refractivity contribution in [3.8, 4) is 34.0 Å². The van der Waals surface area contributed by atoms with Gasteiger partial charge in [-0.05, 0) is 24.3 Å². The van der Waals surface area contributed by atoms with Crippen LogP contribution in [0.15, 0.2) is 35.0 Å². The molecule has 0 aliphatic heterocycles. The molecule has 0 fully saturated rings. The van der Waals surface area contributed by atoms with Crippen molar-refractivity contribution in [1.29, 1.82) is 0 Å². The molecule has 0 spiro atoms. The van der Waals surface area contributed by atoms with E-state index in [0.717, 1.165) is 0 Å². The van der Waals surface area contributed by atoms with E-state index in [0.29, 0.717) is 64.4 Å². The smallest absolute Gasteiger partial charge is 0.180 e. The minimum atomic E-state index is 0.484. The van der Waals surface area contributed by atoms with Gasteiger partial charge in [-0.3, -0.25) is 0 Å². The van der Waals surface area contributed by atoms with Gasteiger partial charge in [-0.2, -0.15) is 0 Å². The first-order valence-corrected chi connectivity index (χ1v) is 12.0. The number of nitrogen functional groups attached to an aromatic ring is 2. The second-order valence-electron chi connectivity index (χ2n) is 6.07. The fourth-order valence-corrected chi connectivity index (χ4v) is 5.06. The molecular formula is C20H16Cl4N4O2S2. The summed E-state index contributed by atoms with van der Waals surface area (Å²) in [6.07, 6.45) is 0. The summed E-state index contributed by atoms with van der Waals surface area (Å²) in [6.45, 7) is 0. The van der Waals surface area contributed by atoms with E-state index in [9.17, 15) is 0 Å². The van der Waals surface area contributed by atoms with E-state index in [-0.39, 0.29) is 0 Å². The molecule has 2 heterocycles. The summed E-state index contributed by atoms with van der Waals surface area (Å²) in [6, 6.07) is 6.77. The Bertz CT molecular complexity index is 1100. The van der Waals surface area contributed by atoms with Crippen molar-refractivity contribution in [3.63, 3.8) is 0 Å². The number of methoxy groups -OCH3 is 2. The molecule has 0 aliphatic rings. The topological polar surface area (TPSA) is 96.3 Å². The van der Waals surface area contributed by atoms with Crippen molar-refractivity contribution in [1.82, 2.24) is 9.97 Å². The highest BCUT2D eigenvalue weighted by atomic mass is 35.5. The predicted molar refractivity (Wildman–Crippen MR) is 137 cm³/mol. The number of hydrogen-bond acceptors (Lipinski definition) is 8. The normalized spacial score (nSPS) is 10.4. The number of anilines is 2. The quantitative estimate of drug-likeness (QED) is 0.275. The highest BCUT2D eigenvalue weighted by Crippen LogP contribution is 2.39. The molecule has 6 nitrogen and oxygen atoms in total. The third kappa shape index (κ3) is 5.70. The Balaban J connectivity index is 0.000000181. The number of aromatic nitrogens is 2. The zero-order valence-corrected chi connectivity index (χ0v) is 21.3. The van der Waals surface area contributed by atoms with Crippen molar-refractivity contribution < 1.29 is 9.47 Å². The van der Waals surface area contributed by atoms with Crippen molar-refractivity contribution >= 4 is 79.3 Å². The van der Waals surface area contributed by atoms with Crippen molar-refractivity contribution in [2.75, 3.05) is 25.7 Å². The summed E-state index contributed by atoms with van der Waals surface area (Å²) in [4.78, 5) is 8.29. The number of halogens is 4. The maximum absolute atomic E-state index is 6.12. The van der Waals surface area contributed by atoms with Gasteiger partial charge in [-0.15, -0.1) is 22.7 Å². The SMILES string of the molecule is COc1cc(Cl)c(-c2csc(N)n2)c(Cl)c1.COc1cc(Cl)c(-c2csc(N)n2)c(Cl)c1. The van der Waals surface area contributed by atoms with Crippen LogP contribution in [0, 0.1) is 0 Å². The third-order valence-corrected chi connectivity index (χ3v) is 6.60. The first-order valence-electron chi connectivity index (χ1n) is 8.72. The number of ether oxygens (including phenoxy) is 2. The molecular weight excluding hydrogens is 534 g/mol. The number of nitrogens with zero attached hydrogens (tertiary/aromatic N) is 2. The number of nitrogens with two attached hydrogens (primary N) is 2. The molecule has 0 atom stereocenters. The summed E-state index contributed by atoms with van der Waals surface area (Å²) in [5.74, 6) is 1.23. The van der Waals surface area contributed by atoms with Gasteiger partial charge in [0.1, 0.15) is 11.5 Å². The van der Waals surface area contributed by atoms with Gasteiger partial charge >= 0.3 is 0 Å². The van der Waals surface area contributed by atoms with Gasteiger partial charge in [0.2, 0.25) is 0 Å². The van der Waals surface area contributed by atoms with Crippen molar-refractivity contribution in [2.45, 2.75) is 0 Å². The van der Waals surface area contributed by atoms with Crippen LogP contribution in [0.25, 0.3) is 22.5 Å². The zero-order valence-electron chi connectivity index (χ0n) is 16.7. The first-order chi connectivity index (χ1) is 15.2. The van der Waals surface area contributed by atoms with Crippen LogP contribution in [-0.4, -0.2) is 24.2 Å². The molecule has 168 valence electrons. The second kappa shape index (κ2) is 10.8. The molecule has 2 aromatic carbocycles. The van der Waals surface area contributed by atoms with E-state index in [4.69, 9.17) is 67.3 Å². The van der Waals surface area contributed by atoms with Gasteiger partial charge in [0.25, 0.3) is 0 Å². The second-order valence-corrected chi connectivity index (χ2v) is 9.48. The van der Waals surface area contributed by atoms with Gasteiger partial charge in [0.15, 0.2) is 10.3 Å². The Kier molecular flexibility index (Phi) is 8.32. The molecule has 4 aromatic rings. The van der Waals surface area contributed by atoms with Crippen LogP contribution in [0.4, 0.5) is 10.3 Å². The lowest BCUT2D eigenvalue weighted by atomic mass is 10.1. The summed E-state index contributed by atoms with van der Waals surface area (Å²) < 4.78 is 10.1. The minimum Gasteiger partial charge on any atom is -0.497 e. The van der Waals surface area contributed by atoms with Crippen molar-refractivity contribution in [2.24, 2.45) is 0 Å². The number of hydrogen-bond donors (Lipinski definition) is 2. The predicted octanol–water partition coefficient (Wildman–Crippen LogP) is 7.42. The van der Waals surface area contributed by atoms with E-state index in [1.165, 1.54) is 22.7 Å². The number of rotatable bonds is 4. The van der Waals surface area contributed by atoms with Crippen LogP contribution >= 0.6 is 69.1 Å². The minimum absolute atomic E-state index is 0.484. The molecule has 0 radical (unpaired) electrons. The molecule has 4 N–H and O–H groups in total. The Morgan fingerprint density at radius 3 is 1.19 bits per heavy atom. The van der Waals surface area contributed by atoms with E-state index in [1.807, 2.05) is 10.8 Å². The Hall–Kier alpha value is -1.94. The first kappa shape index (κ1) is 24.7. The lowest BCUT2D eigenvalue weighted by molar-refractivity contribution is 0.415. The molecule has 0 bridgehead atoms.